The van der Waals surface area contributed by atoms with Gasteiger partial charge < -0.3 is 15.8 Å². The first kappa shape index (κ1) is 12.5. The summed E-state index contributed by atoms with van der Waals surface area (Å²) in [5.74, 6) is 0. The number of nitrogens with two attached hydrogens (primary N) is 1. The van der Waals surface area contributed by atoms with E-state index in [0.717, 1.165) is 25.3 Å². The molecule has 1 fully saturated rings. The van der Waals surface area contributed by atoms with Gasteiger partial charge in [-0.3, -0.25) is 0 Å². The lowest BCUT2D eigenvalue weighted by Gasteiger charge is -2.22. The van der Waals surface area contributed by atoms with E-state index in [9.17, 15) is 0 Å². The molecule has 17 heavy (non-hydrogen) atoms. The van der Waals surface area contributed by atoms with Gasteiger partial charge in [0, 0.05) is 18.8 Å². The Labute approximate surface area is 107 Å². The van der Waals surface area contributed by atoms with Crippen molar-refractivity contribution >= 4 is 23.0 Å². The van der Waals surface area contributed by atoms with Crippen LogP contribution >= 0.6 is 11.6 Å². The lowest BCUT2D eigenvalue weighted by Crippen LogP contribution is -2.22. The van der Waals surface area contributed by atoms with Crippen molar-refractivity contribution in [3.8, 4) is 0 Å². The number of nitrogens with one attached hydrogen (secondary N) is 1. The zero-order valence-electron chi connectivity index (χ0n) is 9.92. The number of anilines is 2. The molecule has 0 aromatic heterocycles. The molecule has 3 nitrogen and oxygen atoms in total. The van der Waals surface area contributed by atoms with Crippen LogP contribution in [0.2, 0.25) is 5.02 Å². The maximum atomic E-state index is 6.08. The molecule has 1 saturated heterocycles. The summed E-state index contributed by atoms with van der Waals surface area (Å²) in [5.41, 5.74) is 7.27. The van der Waals surface area contributed by atoms with Gasteiger partial charge in [0.25, 0.3) is 0 Å². The van der Waals surface area contributed by atoms with Crippen LogP contribution in [-0.2, 0) is 4.74 Å². The molecule has 2 rings (SSSR count). The minimum atomic E-state index is 0.406. The number of hydrogen-bond acceptors (Lipinski definition) is 3. The zero-order chi connectivity index (χ0) is 12.1. The molecular weight excluding hydrogens is 236 g/mol. The topological polar surface area (TPSA) is 47.3 Å². The summed E-state index contributed by atoms with van der Waals surface area (Å²) in [5, 5.41) is 4.00. The highest BCUT2D eigenvalue weighted by Crippen LogP contribution is 2.24. The van der Waals surface area contributed by atoms with E-state index in [-0.39, 0.29) is 0 Å². The second-order valence-electron chi connectivity index (χ2n) is 4.44. The Bertz CT molecular complexity index is 364. The maximum Gasteiger partial charge on any atom is 0.0657 e. The average Bonchev–Trinajstić information content (AvgIpc) is 2.33. The highest BCUT2D eigenvalue weighted by atomic mass is 35.5. The molecule has 4 heteroatoms. The van der Waals surface area contributed by atoms with Gasteiger partial charge >= 0.3 is 0 Å². The minimum absolute atomic E-state index is 0.406. The number of rotatable bonds is 4. The van der Waals surface area contributed by atoms with Gasteiger partial charge in [-0.25, -0.2) is 0 Å². The fourth-order valence-corrected chi connectivity index (χ4v) is 2.33. The monoisotopic (exact) mass is 254 g/mol. The van der Waals surface area contributed by atoms with Crippen LogP contribution in [0.3, 0.4) is 0 Å². The van der Waals surface area contributed by atoms with E-state index in [4.69, 9.17) is 22.1 Å². The Balaban J connectivity index is 1.77. The second kappa shape index (κ2) is 6.12. The van der Waals surface area contributed by atoms with Crippen molar-refractivity contribution in [3.05, 3.63) is 23.2 Å². The van der Waals surface area contributed by atoms with Crippen LogP contribution in [0.1, 0.15) is 25.7 Å². The molecule has 0 radical (unpaired) electrons. The van der Waals surface area contributed by atoms with Gasteiger partial charge in [-0.2, -0.15) is 0 Å². The Hall–Kier alpha value is -0.930. The van der Waals surface area contributed by atoms with Crippen LogP contribution in [-0.4, -0.2) is 19.3 Å². The van der Waals surface area contributed by atoms with E-state index in [2.05, 4.69) is 5.32 Å². The van der Waals surface area contributed by atoms with E-state index >= 15 is 0 Å². The molecule has 1 unspecified atom stereocenters. The van der Waals surface area contributed by atoms with E-state index < -0.39 is 0 Å². The average molecular weight is 255 g/mol. The third-order valence-electron chi connectivity index (χ3n) is 3.05. The molecule has 0 bridgehead atoms. The summed E-state index contributed by atoms with van der Waals surface area (Å²) in [6.07, 6.45) is 5.10. The zero-order valence-corrected chi connectivity index (χ0v) is 10.7. The summed E-state index contributed by atoms with van der Waals surface area (Å²) >= 11 is 6.08. The van der Waals surface area contributed by atoms with Crippen LogP contribution < -0.4 is 11.1 Å². The van der Waals surface area contributed by atoms with Gasteiger partial charge in [-0.1, -0.05) is 11.6 Å². The SMILES string of the molecule is Nc1ccc(NCCC2CCCCO2)c(Cl)c1. The van der Waals surface area contributed by atoms with Gasteiger partial charge in [0.15, 0.2) is 0 Å². The van der Waals surface area contributed by atoms with E-state index in [0.29, 0.717) is 16.8 Å². The van der Waals surface area contributed by atoms with Crippen LogP contribution in [0.15, 0.2) is 18.2 Å². The predicted octanol–water partition coefficient (Wildman–Crippen LogP) is 3.29. The normalized spacial score (nSPS) is 20.2. The predicted molar refractivity (Wildman–Crippen MR) is 72.6 cm³/mol. The lowest BCUT2D eigenvalue weighted by atomic mass is 10.1. The van der Waals surface area contributed by atoms with Crippen molar-refractivity contribution < 1.29 is 4.74 Å². The quantitative estimate of drug-likeness (QED) is 0.811. The fraction of sp³-hybridized carbons (Fsp3) is 0.538. The van der Waals surface area contributed by atoms with Gasteiger partial charge in [0.2, 0.25) is 0 Å². The molecule has 1 aliphatic heterocycles. The molecule has 1 atom stereocenters. The summed E-state index contributed by atoms with van der Waals surface area (Å²) in [6.45, 7) is 1.79. The van der Waals surface area contributed by atoms with Gasteiger partial charge in [-0.05, 0) is 43.9 Å². The van der Waals surface area contributed by atoms with Crippen molar-refractivity contribution in [2.75, 3.05) is 24.2 Å². The summed E-state index contributed by atoms with van der Waals surface area (Å²) in [6, 6.07) is 5.53. The summed E-state index contributed by atoms with van der Waals surface area (Å²) in [4.78, 5) is 0. The number of nitrogen functional groups attached to an aromatic ring is 1. The third-order valence-corrected chi connectivity index (χ3v) is 3.36. The first-order chi connectivity index (χ1) is 8.25. The second-order valence-corrected chi connectivity index (χ2v) is 4.85. The Morgan fingerprint density at radius 3 is 3.00 bits per heavy atom. The number of benzene rings is 1. The van der Waals surface area contributed by atoms with Crippen molar-refractivity contribution in [2.24, 2.45) is 0 Å². The minimum Gasteiger partial charge on any atom is -0.399 e. The molecule has 1 aromatic rings. The number of ether oxygens (including phenoxy) is 1. The Kier molecular flexibility index (Phi) is 4.51. The summed E-state index contributed by atoms with van der Waals surface area (Å²) < 4.78 is 5.67. The van der Waals surface area contributed by atoms with Crippen molar-refractivity contribution in [2.45, 2.75) is 31.8 Å². The largest absolute Gasteiger partial charge is 0.399 e. The van der Waals surface area contributed by atoms with Gasteiger partial charge in [0.1, 0.15) is 0 Å². The fourth-order valence-electron chi connectivity index (χ4n) is 2.08. The summed E-state index contributed by atoms with van der Waals surface area (Å²) in [7, 11) is 0. The van der Waals surface area contributed by atoms with Crippen LogP contribution in [0.5, 0.6) is 0 Å². The Morgan fingerprint density at radius 1 is 1.41 bits per heavy atom. The maximum absolute atomic E-state index is 6.08. The van der Waals surface area contributed by atoms with Crippen LogP contribution in [0.25, 0.3) is 0 Å². The highest BCUT2D eigenvalue weighted by Gasteiger charge is 2.13. The first-order valence-corrected chi connectivity index (χ1v) is 6.54. The molecule has 0 spiro atoms. The van der Waals surface area contributed by atoms with E-state index in [1.807, 2.05) is 12.1 Å². The van der Waals surface area contributed by atoms with E-state index in [1.165, 1.54) is 19.3 Å². The first-order valence-electron chi connectivity index (χ1n) is 6.16. The molecule has 0 amide bonds. The van der Waals surface area contributed by atoms with Gasteiger partial charge in [0.05, 0.1) is 16.8 Å². The molecular formula is C13H19ClN2O. The lowest BCUT2D eigenvalue weighted by molar-refractivity contribution is 0.0134. The Morgan fingerprint density at radius 2 is 2.29 bits per heavy atom. The highest BCUT2D eigenvalue weighted by molar-refractivity contribution is 6.33. The molecule has 1 aromatic carbocycles. The molecule has 0 saturated carbocycles. The van der Waals surface area contributed by atoms with Gasteiger partial charge in [-0.15, -0.1) is 0 Å². The molecule has 0 aliphatic carbocycles. The smallest absolute Gasteiger partial charge is 0.0657 e. The standard InChI is InChI=1S/C13H19ClN2O/c14-12-9-10(15)4-5-13(12)16-7-6-11-3-1-2-8-17-11/h4-5,9,11,16H,1-3,6-8,15H2. The van der Waals surface area contributed by atoms with Crippen molar-refractivity contribution in [3.63, 3.8) is 0 Å². The molecule has 1 heterocycles. The molecule has 3 N–H and O–H groups in total. The third kappa shape index (κ3) is 3.79. The van der Waals surface area contributed by atoms with Crippen molar-refractivity contribution in [1.82, 2.24) is 0 Å². The van der Waals surface area contributed by atoms with Crippen molar-refractivity contribution in [1.29, 1.82) is 0 Å². The number of halogens is 1. The number of hydrogen-bond donors (Lipinski definition) is 2. The van der Waals surface area contributed by atoms with Crippen LogP contribution in [0, 0.1) is 0 Å². The van der Waals surface area contributed by atoms with E-state index in [1.54, 1.807) is 6.07 Å². The molecule has 1 aliphatic rings. The molecule has 94 valence electrons. The van der Waals surface area contributed by atoms with Crippen LogP contribution in [0.4, 0.5) is 11.4 Å².